The first-order valence-electron chi connectivity index (χ1n) is 7.34. The third kappa shape index (κ3) is 5.34. The second kappa shape index (κ2) is 8.62. The predicted octanol–water partition coefficient (Wildman–Crippen LogP) is 4.11. The highest BCUT2D eigenvalue weighted by Crippen LogP contribution is 2.20. The standard InChI is InChI=1S/C16H21BrN4/c1-2-10-19-16-20-12-14(17)15(21-16)18-11-6-9-13-7-4-3-5-8-13/h3-5,7-8,12H,2,6,9-11H2,1H3,(H2,18,19,20,21). The van der Waals surface area contributed by atoms with Gasteiger partial charge >= 0.3 is 0 Å². The van der Waals surface area contributed by atoms with Crippen LogP contribution in [0.25, 0.3) is 0 Å². The van der Waals surface area contributed by atoms with Crippen LogP contribution in [0.5, 0.6) is 0 Å². The van der Waals surface area contributed by atoms with Crippen molar-refractivity contribution in [2.24, 2.45) is 0 Å². The monoisotopic (exact) mass is 348 g/mol. The fourth-order valence-electron chi connectivity index (χ4n) is 1.96. The Morgan fingerprint density at radius 1 is 1.10 bits per heavy atom. The molecule has 4 nitrogen and oxygen atoms in total. The highest BCUT2D eigenvalue weighted by molar-refractivity contribution is 9.10. The molecule has 0 saturated carbocycles. The molecule has 5 heteroatoms. The molecule has 112 valence electrons. The summed E-state index contributed by atoms with van der Waals surface area (Å²) in [5, 5.41) is 6.56. The maximum atomic E-state index is 4.47. The Kier molecular flexibility index (Phi) is 6.47. The molecule has 0 fully saturated rings. The molecular weight excluding hydrogens is 328 g/mol. The van der Waals surface area contributed by atoms with E-state index in [0.717, 1.165) is 42.6 Å². The Morgan fingerprint density at radius 3 is 2.67 bits per heavy atom. The highest BCUT2D eigenvalue weighted by Gasteiger charge is 2.04. The van der Waals surface area contributed by atoms with Crippen LogP contribution in [0.3, 0.4) is 0 Å². The lowest BCUT2D eigenvalue weighted by Crippen LogP contribution is -2.09. The van der Waals surface area contributed by atoms with Gasteiger partial charge < -0.3 is 10.6 Å². The van der Waals surface area contributed by atoms with Crippen LogP contribution in [0.4, 0.5) is 11.8 Å². The summed E-state index contributed by atoms with van der Waals surface area (Å²) in [7, 11) is 0. The molecule has 0 spiro atoms. The molecule has 0 bridgehead atoms. The SMILES string of the molecule is CCCNc1ncc(Br)c(NCCCc2ccccc2)n1. The lowest BCUT2D eigenvalue weighted by molar-refractivity contribution is 0.856. The minimum Gasteiger partial charge on any atom is -0.369 e. The molecule has 21 heavy (non-hydrogen) atoms. The number of hydrogen-bond acceptors (Lipinski definition) is 4. The quantitative estimate of drug-likeness (QED) is 0.705. The van der Waals surface area contributed by atoms with Gasteiger partial charge in [-0.2, -0.15) is 4.98 Å². The molecule has 0 saturated heterocycles. The van der Waals surface area contributed by atoms with Gasteiger partial charge in [0.2, 0.25) is 5.95 Å². The molecule has 0 aliphatic rings. The van der Waals surface area contributed by atoms with Crippen molar-refractivity contribution in [3.63, 3.8) is 0 Å². The zero-order valence-corrected chi connectivity index (χ0v) is 13.9. The van der Waals surface area contributed by atoms with Gasteiger partial charge in [-0.15, -0.1) is 0 Å². The second-order valence-corrected chi connectivity index (χ2v) is 5.69. The number of hydrogen-bond donors (Lipinski definition) is 2. The normalized spacial score (nSPS) is 10.4. The Hall–Kier alpha value is -1.62. The number of aryl methyl sites for hydroxylation is 1. The average molecular weight is 349 g/mol. The Bertz CT molecular complexity index is 545. The van der Waals surface area contributed by atoms with Gasteiger partial charge in [-0.25, -0.2) is 4.98 Å². The van der Waals surface area contributed by atoms with Crippen LogP contribution in [-0.2, 0) is 6.42 Å². The topological polar surface area (TPSA) is 49.8 Å². The first-order valence-corrected chi connectivity index (χ1v) is 8.13. The second-order valence-electron chi connectivity index (χ2n) is 4.83. The van der Waals surface area contributed by atoms with E-state index in [2.05, 4.69) is 67.7 Å². The van der Waals surface area contributed by atoms with Gasteiger partial charge in [-0.3, -0.25) is 0 Å². The molecular formula is C16H21BrN4. The van der Waals surface area contributed by atoms with E-state index in [1.165, 1.54) is 5.56 Å². The van der Waals surface area contributed by atoms with E-state index in [0.29, 0.717) is 5.95 Å². The zero-order chi connectivity index (χ0) is 14.9. The number of aromatic nitrogens is 2. The fraction of sp³-hybridized carbons (Fsp3) is 0.375. The summed E-state index contributed by atoms with van der Waals surface area (Å²) in [5.41, 5.74) is 1.37. The van der Waals surface area contributed by atoms with Gasteiger partial charge in [0.1, 0.15) is 5.82 Å². The summed E-state index contributed by atoms with van der Waals surface area (Å²) in [5.74, 6) is 1.52. The summed E-state index contributed by atoms with van der Waals surface area (Å²) < 4.78 is 0.893. The van der Waals surface area contributed by atoms with Crippen LogP contribution < -0.4 is 10.6 Å². The fourth-order valence-corrected chi connectivity index (χ4v) is 2.29. The molecule has 1 heterocycles. The van der Waals surface area contributed by atoms with E-state index in [1.807, 2.05) is 6.07 Å². The molecule has 2 rings (SSSR count). The van der Waals surface area contributed by atoms with Crippen LogP contribution in [-0.4, -0.2) is 23.1 Å². The molecule has 1 aromatic carbocycles. The van der Waals surface area contributed by atoms with Crippen molar-refractivity contribution >= 4 is 27.7 Å². The molecule has 0 amide bonds. The molecule has 1 aromatic heterocycles. The van der Waals surface area contributed by atoms with Gasteiger partial charge in [0.25, 0.3) is 0 Å². The molecule has 2 aromatic rings. The van der Waals surface area contributed by atoms with E-state index in [4.69, 9.17) is 0 Å². The number of nitrogens with one attached hydrogen (secondary N) is 2. The van der Waals surface area contributed by atoms with Crippen molar-refractivity contribution in [1.29, 1.82) is 0 Å². The van der Waals surface area contributed by atoms with Gasteiger partial charge in [-0.1, -0.05) is 37.3 Å². The van der Waals surface area contributed by atoms with Crippen LogP contribution in [0.15, 0.2) is 41.0 Å². The van der Waals surface area contributed by atoms with E-state index in [-0.39, 0.29) is 0 Å². The van der Waals surface area contributed by atoms with Crippen molar-refractivity contribution in [3.8, 4) is 0 Å². The van der Waals surface area contributed by atoms with Gasteiger partial charge in [0, 0.05) is 19.3 Å². The third-order valence-corrected chi connectivity index (χ3v) is 3.64. The molecule has 0 unspecified atom stereocenters. The lowest BCUT2D eigenvalue weighted by atomic mass is 10.1. The molecule has 0 radical (unpaired) electrons. The maximum Gasteiger partial charge on any atom is 0.224 e. The maximum absolute atomic E-state index is 4.47. The van der Waals surface area contributed by atoms with Crippen LogP contribution in [0, 0.1) is 0 Å². The molecule has 0 atom stereocenters. The molecule has 0 aliphatic carbocycles. The first kappa shape index (κ1) is 15.8. The number of halogens is 1. The van der Waals surface area contributed by atoms with Crippen LogP contribution in [0.1, 0.15) is 25.3 Å². The Balaban J connectivity index is 1.82. The predicted molar refractivity (Wildman–Crippen MR) is 91.8 cm³/mol. The lowest BCUT2D eigenvalue weighted by Gasteiger charge is -2.10. The van der Waals surface area contributed by atoms with Gasteiger partial charge in [0.15, 0.2) is 0 Å². The summed E-state index contributed by atoms with van der Waals surface area (Å²) in [6.45, 7) is 3.89. The third-order valence-electron chi connectivity index (χ3n) is 3.05. The Morgan fingerprint density at radius 2 is 1.90 bits per heavy atom. The smallest absolute Gasteiger partial charge is 0.224 e. The number of benzene rings is 1. The van der Waals surface area contributed by atoms with E-state index < -0.39 is 0 Å². The van der Waals surface area contributed by atoms with Crippen LogP contribution in [0.2, 0.25) is 0 Å². The van der Waals surface area contributed by atoms with E-state index in [9.17, 15) is 0 Å². The largest absolute Gasteiger partial charge is 0.369 e. The average Bonchev–Trinajstić information content (AvgIpc) is 2.53. The van der Waals surface area contributed by atoms with E-state index >= 15 is 0 Å². The van der Waals surface area contributed by atoms with Crippen molar-refractivity contribution in [1.82, 2.24) is 9.97 Å². The number of anilines is 2. The highest BCUT2D eigenvalue weighted by atomic mass is 79.9. The summed E-state index contributed by atoms with van der Waals surface area (Å²) in [6, 6.07) is 10.5. The van der Waals surface area contributed by atoms with Crippen molar-refractivity contribution in [2.45, 2.75) is 26.2 Å². The molecule has 0 aliphatic heterocycles. The van der Waals surface area contributed by atoms with Crippen molar-refractivity contribution in [3.05, 3.63) is 46.6 Å². The van der Waals surface area contributed by atoms with Gasteiger partial charge in [0.05, 0.1) is 4.47 Å². The summed E-state index contributed by atoms with van der Waals surface area (Å²) in [4.78, 5) is 8.72. The minimum atomic E-state index is 0.672. The van der Waals surface area contributed by atoms with E-state index in [1.54, 1.807) is 6.20 Å². The van der Waals surface area contributed by atoms with Crippen molar-refractivity contribution in [2.75, 3.05) is 23.7 Å². The summed E-state index contributed by atoms with van der Waals surface area (Å²) >= 11 is 3.48. The molecule has 2 N–H and O–H groups in total. The number of rotatable bonds is 8. The Labute approximate surface area is 134 Å². The van der Waals surface area contributed by atoms with Crippen LogP contribution >= 0.6 is 15.9 Å². The summed E-state index contributed by atoms with van der Waals surface area (Å²) in [6.07, 6.45) is 4.97. The zero-order valence-electron chi connectivity index (χ0n) is 12.3. The number of nitrogens with zero attached hydrogens (tertiary/aromatic N) is 2. The minimum absolute atomic E-state index is 0.672. The first-order chi connectivity index (χ1) is 10.3. The van der Waals surface area contributed by atoms with Gasteiger partial charge in [-0.05, 0) is 40.8 Å². The van der Waals surface area contributed by atoms with Crippen molar-refractivity contribution < 1.29 is 0 Å².